The predicted molar refractivity (Wildman–Crippen MR) is 71.6 cm³/mol. The molecule has 0 aliphatic carbocycles. The smallest absolute Gasteiger partial charge is 0.261 e. The van der Waals surface area contributed by atoms with Gasteiger partial charge in [0.15, 0.2) is 0 Å². The van der Waals surface area contributed by atoms with Gasteiger partial charge in [0, 0.05) is 17.6 Å². The third-order valence-electron chi connectivity index (χ3n) is 2.70. The van der Waals surface area contributed by atoms with Gasteiger partial charge >= 0.3 is 0 Å². The van der Waals surface area contributed by atoms with Crippen LogP contribution in [-0.2, 0) is 0 Å². The molecule has 1 heterocycles. The fourth-order valence-electron chi connectivity index (χ4n) is 1.76. The molecular weight excluding hydrogens is 230 g/mol. The summed E-state index contributed by atoms with van der Waals surface area (Å²) in [6.07, 6.45) is 0.819. The van der Waals surface area contributed by atoms with E-state index in [2.05, 4.69) is 10.3 Å². The van der Waals surface area contributed by atoms with Gasteiger partial charge in [-0.2, -0.15) is 0 Å². The highest BCUT2D eigenvalue weighted by atomic mass is 16.2. The molecule has 94 valence electrons. The van der Waals surface area contributed by atoms with Crippen LogP contribution in [0.5, 0.6) is 0 Å². The van der Waals surface area contributed by atoms with E-state index in [1.54, 1.807) is 18.2 Å². The molecule has 0 aliphatic rings. The highest BCUT2D eigenvalue weighted by Crippen LogP contribution is 2.18. The van der Waals surface area contributed by atoms with Gasteiger partial charge in [-0.15, -0.1) is 0 Å². The van der Waals surface area contributed by atoms with Crippen molar-refractivity contribution in [2.24, 2.45) is 0 Å². The van der Waals surface area contributed by atoms with E-state index in [1.165, 1.54) is 6.07 Å². The maximum atomic E-state index is 11.8. The molecule has 2 rings (SSSR count). The molecule has 0 unspecified atom stereocenters. The van der Waals surface area contributed by atoms with Crippen molar-refractivity contribution in [1.29, 1.82) is 0 Å². The van der Waals surface area contributed by atoms with Crippen LogP contribution < -0.4 is 16.6 Å². The Morgan fingerprint density at radius 1 is 1.44 bits per heavy atom. The molecule has 18 heavy (non-hydrogen) atoms. The van der Waals surface area contributed by atoms with Crippen molar-refractivity contribution >= 4 is 22.5 Å². The van der Waals surface area contributed by atoms with E-state index in [0.717, 1.165) is 6.42 Å². The Kier molecular flexibility index (Phi) is 3.32. The number of nitrogens with two attached hydrogens (primary N) is 1. The van der Waals surface area contributed by atoms with Crippen molar-refractivity contribution in [2.45, 2.75) is 13.3 Å². The van der Waals surface area contributed by atoms with Gasteiger partial charge in [0.05, 0.1) is 5.52 Å². The number of nitrogens with one attached hydrogen (secondary N) is 2. The summed E-state index contributed by atoms with van der Waals surface area (Å²) < 4.78 is 0. The van der Waals surface area contributed by atoms with Crippen molar-refractivity contribution in [1.82, 2.24) is 10.3 Å². The quantitative estimate of drug-likeness (QED) is 0.711. The number of amides is 1. The number of benzene rings is 1. The number of fused-ring (bicyclic) bond motifs is 1. The van der Waals surface area contributed by atoms with Gasteiger partial charge in [-0.3, -0.25) is 9.59 Å². The zero-order valence-corrected chi connectivity index (χ0v) is 10.1. The zero-order valence-electron chi connectivity index (χ0n) is 10.1. The van der Waals surface area contributed by atoms with Crippen molar-refractivity contribution < 1.29 is 4.79 Å². The normalized spacial score (nSPS) is 10.5. The maximum absolute atomic E-state index is 11.8. The molecule has 2 aromatic rings. The SMILES string of the molecule is CCCNC(=O)c1cc2c(N)cccc2[nH]c1=O. The average Bonchev–Trinajstić information content (AvgIpc) is 2.35. The second-order valence-corrected chi connectivity index (χ2v) is 4.08. The lowest BCUT2D eigenvalue weighted by Crippen LogP contribution is -2.30. The van der Waals surface area contributed by atoms with Crippen LogP contribution in [0.4, 0.5) is 5.69 Å². The van der Waals surface area contributed by atoms with Crippen LogP contribution in [0.15, 0.2) is 29.1 Å². The number of rotatable bonds is 3. The molecule has 0 bridgehead atoms. The lowest BCUT2D eigenvalue weighted by molar-refractivity contribution is 0.0952. The van der Waals surface area contributed by atoms with Crippen LogP contribution in [0.3, 0.4) is 0 Å². The zero-order chi connectivity index (χ0) is 13.1. The summed E-state index contributed by atoms with van der Waals surface area (Å²) in [5, 5.41) is 3.35. The van der Waals surface area contributed by atoms with Crippen LogP contribution in [0.25, 0.3) is 10.9 Å². The molecule has 0 aliphatic heterocycles. The number of nitrogen functional groups attached to an aromatic ring is 1. The van der Waals surface area contributed by atoms with Crippen LogP contribution in [0.2, 0.25) is 0 Å². The summed E-state index contributed by atoms with van der Waals surface area (Å²) in [5.74, 6) is -0.372. The van der Waals surface area contributed by atoms with Crippen LogP contribution >= 0.6 is 0 Å². The average molecular weight is 245 g/mol. The summed E-state index contributed by atoms with van der Waals surface area (Å²) >= 11 is 0. The molecule has 1 aromatic carbocycles. The number of H-pyrrole nitrogens is 1. The first-order valence-corrected chi connectivity index (χ1v) is 5.83. The van der Waals surface area contributed by atoms with Gasteiger partial charge in [-0.25, -0.2) is 0 Å². The fourth-order valence-corrected chi connectivity index (χ4v) is 1.76. The Bertz CT molecular complexity index is 646. The molecule has 5 nitrogen and oxygen atoms in total. The number of hydrogen-bond acceptors (Lipinski definition) is 3. The van der Waals surface area contributed by atoms with Gasteiger partial charge in [-0.1, -0.05) is 13.0 Å². The Morgan fingerprint density at radius 3 is 2.94 bits per heavy atom. The first-order valence-electron chi connectivity index (χ1n) is 5.83. The Balaban J connectivity index is 2.52. The third-order valence-corrected chi connectivity index (χ3v) is 2.70. The van der Waals surface area contributed by atoms with E-state index in [-0.39, 0.29) is 11.5 Å². The largest absolute Gasteiger partial charge is 0.398 e. The molecule has 0 saturated heterocycles. The molecule has 0 saturated carbocycles. The Morgan fingerprint density at radius 2 is 2.22 bits per heavy atom. The Hall–Kier alpha value is -2.30. The summed E-state index contributed by atoms with van der Waals surface area (Å²) in [4.78, 5) is 26.3. The number of hydrogen-bond donors (Lipinski definition) is 3. The summed E-state index contributed by atoms with van der Waals surface area (Å²) in [5.41, 5.74) is 6.68. The molecule has 0 fully saturated rings. The molecule has 1 amide bonds. The minimum atomic E-state index is -0.401. The van der Waals surface area contributed by atoms with E-state index >= 15 is 0 Å². The van der Waals surface area contributed by atoms with Crippen molar-refractivity contribution in [2.75, 3.05) is 12.3 Å². The molecule has 5 heteroatoms. The lowest BCUT2D eigenvalue weighted by atomic mass is 10.1. The van der Waals surface area contributed by atoms with Crippen molar-refractivity contribution in [3.8, 4) is 0 Å². The van der Waals surface area contributed by atoms with Crippen LogP contribution in [-0.4, -0.2) is 17.4 Å². The van der Waals surface area contributed by atoms with E-state index in [1.807, 2.05) is 6.92 Å². The van der Waals surface area contributed by atoms with Crippen molar-refractivity contribution in [3.05, 3.63) is 40.2 Å². The molecule has 4 N–H and O–H groups in total. The number of carbonyl (C=O) groups excluding carboxylic acids is 1. The highest BCUT2D eigenvalue weighted by Gasteiger charge is 2.11. The second-order valence-electron chi connectivity index (χ2n) is 4.08. The van der Waals surface area contributed by atoms with Crippen LogP contribution in [0, 0.1) is 0 Å². The first kappa shape index (κ1) is 12.2. The monoisotopic (exact) mass is 245 g/mol. The third kappa shape index (κ3) is 2.20. The van der Waals surface area contributed by atoms with E-state index in [4.69, 9.17) is 5.73 Å². The van der Waals surface area contributed by atoms with E-state index < -0.39 is 5.56 Å². The van der Waals surface area contributed by atoms with Crippen LogP contribution in [0.1, 0.15) is 23.7 Å². The number of anilines is 1. The Labute approximate surface area is 104 Å². The van der Waals surface area contributed by atoms with Gasteiger partial charge in [0.25, 0.3) is 11.5 Å². The number of pyridine rings is 1. The minimum absolute atomic E-state index is 0.0915. The van der Waals surface area contributed by atoms with Gasteiger partial charge in [-0.05, 0) is 24.6 Å². The minimum Gasteiger partial charge on any atom is -0.398 e. The van der Waals surface area contributed by atoms with E-state index in [0.29, 0.717) is 23.1 Å². The van der Waals surface area contributed by atoms with Gasteiger partial charge < -0.3 is 16.0 Å². The fraction of sp³-hybridized carbons (Fsp3) is 0.231. The van der Waals surface area contributed by atoms with Gasteiger partial charge in [0.2, 0.25) is 0 Å². The summed E-state index contributed by atoms with van der Waals surface area (Å²) in [6.45, 7) is 2.49. The number of aromatic nitrogens is 1. The maximum Gasteiger partial charge on any atom is 0.261 e. The lowest BCUT2D eigenvalue weighted by Gasteiger charge is -2.06. The molecule has 0 atom stereocenters. The highest BCUT2D eigenvalue weighted by molar-refractivity contribution is 5.99. The molecular formula is C13H15N3O2. The molecule has 0 spiro atoms. The van der Waals surface area contributed by atoms with Gasteiger partial charge in [0.1, 0.15) is 5.56 Å². The topological polar surface area (TPSA) is 88.0 Å². The predicted octanol–water partition coefficient (Wildman–Crippen LogP) is 1.25. The van der Waals surface area contributed by atoms with E-state index in [9.17, 15) is 9.59 Å². The molecule has 1 aromatic heterocycles. The number of carbonyl (C=O) groups is 1. The standard InChI is InChI=1S/C13H15N3O2/c1-2-6-15-12(17)9-7-8-10(14)4-3-5-11(8)16-13(9)18/h3-5,7H,2,6,14H2,1H3,(H,15,17)(H,16,18). The first-order chi connectivity index (χ1) is 8.63. The molecule has 0 radical (unpaired) electrons. The summed E-state index contributed by atoms with van der Waals surface area (Å²) in [7, 11) is 0. The second kappa shape index (κ2) is 4.91. The summed E-state index contributed by atoms with van der Waals surface area (Å²) in [6, 6.07) is 6.77. The van der Waals surface area contributed by atoms with Crippen molar-refractivity contribution in [3.63, 3.8) is 0 Å². The number of aromatic amines is 1.